The van der Waals surface area contributed by atoms with E-state index in [-0.39, 0.29) is 30.7 Å². The first-order valence-corrected chi connectivity index (χ1v) is 10.1. The number of allylic oxidation sites excluding steroid dienone is 2. The summed E-state index contributed by atoms with van der Waals surface area (Å²) in [5.74, 6) is -1.98. The standard InChI is InChI=1S/C20H31N5O6/c1-5-13(4)31-23-10-17(28)25-18(12(2)3)20(30)22-9-16(27)24-15(11-26)8-14-6-7-21-19(14)29/h5,10-12,14-15,18H,6-9H2,1-4H3,(H,21,29)(H,22,30)(H,24,27)(H,25,28)/b13-5-,23-10+. The number of nitrogens with one attached hydrogen (secondary N) is 4. The molecule has 1 aliphatic heterocycles. The number of aldehydes is 1. The van der Waals surface area contributed by atoms with Crippen LogP contribution in [0.25, 0.3) is 0 Å². The first-order valence-electron chi connectivity index (χ1n) is 10.1. The Hall–Kier alpha value is -3.24. The molecule has 0 aromatic carbocycles. The van der Waals surface area contributed by atoms with E-state index in [2.05, 4.69) is 26.4 Å². The zero-order valence-corrected chi connectivity index (χ0v) is 18.3. The van der Waals surface area contributed by atoms with Gasteiger partial charge < -0.3 is 30.9 Å². The lowest BCUT2D eigenvalue weighted by molar-refractivity contribution is -0.130. The normalized spacial score (nSPS) is 18.3. The Kier molecular flexibility index (Phi) is 10.9. The number of hydrogen-bond donors (Lipinski definition) is 4. The molecule has 1 rings (SSSR count). The van der Waals surface area contributed by atoms with Crippen LogP contribution < -0.4 is 21.3 Å². The van der Waals surface area contributed by atoms with Crippen molar-refractivity contribution in [2.24, 2.45) is 17.0 Å². The quantitative estimate of drug-likeness (QED) is 0.138. The van der Waals surface area contributed by atoms with Crippen molar-refractivity contribution >= 4 is 36.1 Å². The number of hydrogen-bond acceptors (Lipinski definition) is 7. The Labute approximate surface area is 181 Å². The SMILES string of the molecule is C/C=C(/C)O/N=C/C(=O)NC(C(=O)NCC(=O)NC(C=O)CC1CCNC1=O)C(C)C. The van der Waals surface area contributed by atoms with Crippen LogP contribution in [0.15, 0.2) is 17.0 Å². The largest absolute Gasteiger partial charge is 0.362 e. The summed E-state index contributed by atoms with van der Waals surface area (Å²) in [5, 5.41) is 13.6. The molecule has 0 aliphatic carbocycles. The van der Waals surface area contributed by atoms with Gasteiger partial charge in [-0.05, 0) is 38.7 Å². The molecule has 3 unspecified atom stereocenters. The third-order valence-corrected chi connectivity index (χ3v) is 4.66. The molecule has 4 amide bonds. The van der Waals surface area contributed by atoms with Gasteiger partial charge in [0.25, 0.3) is 5.91 Å². The summed E-state index contributed by atoms with van der Waals surface area (Å²) >= 11 is 0. The van der Waals surface area contributed by atoms with Gasteiger partial charge in [-0.2, -0.15) is 0 Å². The fraction of sp³-hybridized carbons (Fsp3) is 0.600. The fourth-order valence-electron chi connectivity index (χ4n) is 2.80. The topological polar surface area (TPSA) is 155 Å². The van der Waals surface area contributed by atoms with Crippen molar-refractivity contribution in [1.82, 2.24) is 21.3 Å². The molecule has 3 atom stereocenters. The monoisotopic (exact) mass is 437 g/mol. The molecule has 1 saturated heterocycles. The fourth-order valence-corrected chi connectivity index (χ4v) is 2.80. The van der Waals surface area contributed by atoms with Gasteiger partial charge in [0.1, 0.15) is 24.3 Å². The highest BCUT2D eigenvalue weighted by atomic mass is 16.6. The van der Waals surface area contributed by atoms with Gasteiger partial charge in [-0.15, -0.1) is 0 Å². The molecule has 0 saturated carbocycles. The van der Waals surface area contributed by atoms with E-state index in [0.717, 1.165) is 6.21 Å². The smallest absolute Gasteiger partial charge is 0.266 e. The van der Waals surface area contributed by atoms with E-state index in [1.54, 1.807) is 33.8 Å². The molecular weight excluding hydrogens is 406 g/mol. The molecule has 1 aliphatic rings. The molecule has 0 spiro atoms. The number of nitrogens with zero attached hydrogens (tertiary/aromatic N) is 1. The molecule has 172 valence electrons. The maximum absolute atomic E-state index is 12.4. The zero-order chi connectivity index (χ0) is 23.4. The molecular formula is C20H31N5O6. The van der Waals surface area contributed by atoms with Gasteiger partial charge in [0, 0.05) is 12.5 Å². The lowest BCUT2D eigenvalue weighted by Crippen LogP contribution is -2.52. The summed E-state index contributed by atoms with van der Waals surface area (Å²) in [6, 6.07) is -1.73. The Balaban J connectivity index is 2.51. The van der Waals surface area contributed by atoms with Crippen molar-refractivity contribution in [1.29, 1.82) is 0 Å². The first kappa shape index (κ1) is 25.8. The summed E-state index contributed by atoms with van der Waals surface area (Å²) in [4.78, 5) is 64.2. The van der Waals surface area contributed by atoms with Crippen LogP contribution in [0, 0.1) is 11.8 Å². The third kappa shape index (κ3) is 9.41. The van der Waals surface area contributed by atoms with Gasteiger partial charge in [-0.3, -0.25) is 19.2 Å². The van der Waals surface area contributed by atoms with Crippen LogP contribution in [0.5, 0.6) is 0 Å². The van der Waals surface area contributed by atoms with Crippen LogP contribution in [0.4, 0.5) is 0 Å². The van der Waals surface area contributed by atoms with E-state index in [4.69, 9.17) is 4.84 Å². The second kappa shape index (κ2) is 13.1. The van der Waals surface area contributed by atoms with Crippen LogP contribution >= 0.6 is 0 Å². The van der Waals surface area contributed by atoms with Crippen molar-refractivity contribution < 1.29 is 28.8 Å². The highest BCUT2D eigenvalue weighted by Crippen LogP contribution is 2.15. The maximum Gasteiger partial charge on any atom is 0.266 e. The Bertz CT molecular complexity index is 734. The maximum atomic E-state index is 12.4. The van der Waals surface area contributed by atoms with Crippen LogP contribution in [-0.4, -0.2) is 61.3 Å². The number of rotatable bonds is 12. The van der Waals surface area contributed by atoms with E-state index in [0.29, 0.717) is 25.0 Å². The second-order valence-corrected chi connectivity index (χ2v) is 7.50. The predicted molar refractivity (Wildman–Crippen MR) is 113 cm³/mol. The van der Waals surface area contributed by atoms with Gasteiger partial charge in [0.15, 0.2) is 0 Å². The average molecular weight is 437 g/mol. The van der Waals surface area contributed by atoms with Crippen LogP contribution in [-0.2, 0) is 28.8 Å². The summed E-state index contributed by atoms with van der Waals surface area (Å²) in [5.41, 5.74) is 0. The molecule has 4 N–H and O–H groups in total. The highest BCUT2D eigenvalue weighted by Gasteiger charge is 2.28. The van der Waals surface area contributed by atoms with E-state index in [9.17, 15) is 24.0 Å². The summed E-state index contributed by atoms with van der Waals surface area (Å²) in [6.07, 6.45) is 3.96. The minimum Gasteiger partial charge on any atom is -0.362 e. The Morgan fingerprint density at radius 1 is 1.29 bits per heavy atom. The highest BCUT2D eigenvalue weighted by molar-refractivity contribution is 6.26. The minimum absolute atomic E-state index is 0.139. The second-order valence-electron chi connectivity index (χ2n) is 7.50. The number of carbonyl (C=O) groups excluding carboxylic acids is 5. The number of oxime groups is 1. The van der Waals surface area contributed by atoms with Crippen molar-refractivity contribution in [2.75, 3.05) is 13.1 Å². The van der Waals surface area contributed by atoms with Crippen LogP contribution in [0.2, 0.25) is 0 Å². The van der Waals surface area contributed by atoms with Gasteiger partial charge in [-0.25, -0.2) is 0 Å². The van der Waals surface area contributed by atoms with Gasteiger partial charge in [0.2, 0.25) is 17.7 Å². The summed E-state index contributed by atoms with van der Waals surface area (Å²) in [7, 11) is 0. The minimum atomic E-state index is -0.904. The Morgan fingerprint density at radius 2 is 2.00 bits per heavy atom. The van der Waals surface area contributed by atoms with Crippen molar-refractivity contribution in [3.8, 4) is 0 Å². The summed E-state index contributed by atoms with van der Waals surface area (Å²) < 4.78 is 0. The molecule has 1 fully saturated rings. The van der Waals surface area contributed by atoms with Crippen LogP contribution in [0.1, 0.15) is 40.5 Å². The van der Waals surface area contributed by atoms with E-state index < -0.39 is 29.8 Å². The molecule has 0 radical (unpaired) electrons. The average Bonchev–Trinajstić information content (AvgIpc) is 3.13. The molecule has 11 heteroatoms. The van der Waals surface area contributed by atoms with Gasteiger partial charge >= 0.3 is 0 Å². The van der Waals surface area contributed by atoms with E-state index in [1.807, 2.05) is 0 Å². The van der Waals surface area contributed by atoms with Crippen molar-refractivity contribution in [3.63, 3.8) is 0 Å². The molecule has 11 nitrogen and oxygen atoms in total. The van der Waals surface area contributed by atoms with Crippen molar-refractivity contribution in [3.05, 3.63) is 11.8 Å². The number of carbonyl (C=O) groups is 5. The predicted octanol–water partition coefficient (Wildman–Crippen LogP) is -0.621. The first-order chi connectivity index (χ1) is 14.7. The van der Waals surface area contributed by atoms with Gasteiger partial charge in [0.05, 0.1) is 12.6 Å². The van der Waals surface area contributed by atoms with Crippen molar-refractivity contribution in [2.45, 2.75) is 52.6 Å². The zero-order valence-electron chi connectivity index (χ0n) is 18.3. The van der Waals surface area contributed by atoms with Gasteiger partial charge in [-0.1, -0.05) is 19.0 Å². The van der Waals surface area contributed by atoms with E-state index >= 15 is 0 Å². The molecule has 0 bridgehead atoms. The summed E-state index contributed by atoms with van der Waals surface area (Å²) in [6.45, 7) is 7.06. The lowest BCUT2D eigenvalue weighted by atomic mass is 9.99. The molecule has 0 aromatic rings. The number of amides is 4. The van der Waals surface area contributed by atoms with Crippen LogP contribution in [0.3, 0.4) is 0 Å². The molecule has 31 heavy (non-hydrogen) atoms. The van der Waals surface area contributed by atoms with E-state index in [1.165, 1.54) is 0 Å². The lowest BCUT2D eigenvalue weighted by Gasteiger charge is -2.21. The Morgan fingerprint density at radius 3 is 2.55 bits per heavy atom. The molecule has 0 aromatic heterocycles. The third-order valence-electron chi connectivity index (χ3n) is 4.66. The molecule has 1 heterocycles.